The Morgan fingerprint density at radius 1 is 0.783 bits per heavy atom. The second-order valence-corrected chi connectivity index (χ2v) is 11.4. The molecule has 16 heteroatoms. The molecule has 0 aliphatic rings. The van der Waals surface area contributed by atoms with Crippen molar-refractivity contribution in [3.05, 3.63) is 35.9 Å². The lowest BCUT2D eigenvalue weighted by Gasteiger charge is -2.25. The fraction of sp³-hybridized carbons (Fsp3) is 0.567. The normalized spacial score (nSPS) is 13.9. The molecule has 5 N–H and O–H groups in total. The number of rotatable bonds is 17. The van der Waals surface area contributed by atoms with Crippen molar-refractivity contribution >= 4 is 41.3 Å². The van der Waals surface area contributed by atoms with Crippen molar-refractivity contribution in [2.24, 2.45) is 11.8 Å². The van der Waals surface area contributed by atoms with Crippen LogP contribution in [-0.4, -0.2) is 78.2 Å². The smallest absolute Gasteiger partial charge is 0.452 e. The first kappa shape index (κ1) is 39.5. The van der Waals surface area contributed by atoms with E-state index >= 15 is 0 Å². The first-order valence-corrected chi connectivity index (χ1v) is 14.6. The molecule has 0 spiro atoms. The van der Waals surface area contributed by atoms with E-state index in [9.17, 15) is 46.7 Å². The van der Waals surface area contributed by atoms with E-state index in [4.69, 9.17) is 4.74 Å². The maximum atomic E-state index is 13.1. The van der Waals surface area contributed by atoms with Crippen LogP contribution in [0, 0.1) is 11.8 Å². The highest BCUT2D eigenvalue weighted by Crippen LogP contribution is 2.21. The first-order valence-electron chi connectivity index (χ1n) is 14.6. The number of ether oxygens (including phenoxy) is 1. The quantitative estimate of drug-likeness (QED) is 0.154. The molecule has 1 rings (SSSR count). The molecule has 46 heavy (non-hydrogen) atoms. The van der Waals surface area contributed by atoms with Crippen molar-refractivity contribution < 1.29 is 51.5 Å². The van der Waals surface area contributed by atoms with Crippen LogP contribution >= 0.6 is 0 Å². The number of nitrogens with one attached hydrogen (secondary N) is 5. The minimum atomic E-state index is -5.21. The third kappa shape index (κ3) is 14.5. The second kappa shape index (κ2) is 18.5. The van der Waals surface area contributed by atoms with E-state index in [0.29, 0.717) is 5.56 Å². The number of carbonyl (C=O) groups is 7. The van der Waals surface area contributed by atoms with Crippen LogP contribution in [0.15, 0.2) is 30.3 Å². The highest BCUT2D eigenvalue weighted by Gasteiger charge is 2.45. The highest BCUT2D eigenvalue weighted by molar-refractivity contribution is 5.97. The van der Waals surface area contributed by atoms with Crippen LogP contribution in [-0.2, 0) is 44.9 Å². The summed E-state index contributed by atoms with van der Waals surface area (Å²) in [5, 5.41) is 11.3. The molecular weight excluding hydrogens is 615 g/mol. The molecule has 1 aromatic rings. The molecule has 4 atom stereocenters. The number of Topliss-reactive ketones (excluding diaryl/α,β-unsaturated/α-hetero) is 1. The van der Waals surface area contributed by atoms with Gasteiger partial charge in [0, 0.05) is 6.92 Å². The predicted molar refractivity (Wildman–Crippen MR) is 158 cm³/mol. The molecule has 0 saturated carbocycles. The largest absolute Gasteiger partial charge is 0.461 e. The van der Waals surface area contributed by atoms with Crippen LogP contribution in [0.1, 0.15) is 59.9 Å². The number of benzene rings is 1. The van der Waals surface area contributed by atoms with Crippen molar-refractivity contribution in [3.8, 4) is 0 Å². The summed E-state index contributed by atoms with van der Waals surface area (Å²) in [5.41, 5.74) is 0.636. The topological polar surface area (TPSA) is 189 Å². The Bertz CT molecular complexity index is 1240. The Balaban J connectivity index is 3.01. The molecule has 256 valence electrons. The van der Waals surface area contributed by atoms with Crippen LogP contribution in [0.4, 0.5) is 13.2 Å². The van der Waals surface area contributed by atoms with E-state index in [1.54, 1.807) is 30.3 Å². The van der Waals surface area contributed by atoms with Crippen LogP contribution in [0.25, 0.3) is 0 Å². The van der Waals surface area contributed by atoms with Gasteiger partial charge < -0.3 is 31.3 Å². The van der Waals surface area contributed by atoms with Gasteiger partial charge in [0.05, 0.1) is 19.0 Å². The van der Waals surface area contributed by atoms with Crippen LogP contribution in [0.2, 0.25) is 0 Å². The van der Waals surface area contributed by atoms with Crippen molar-refractivity contribution in [3.63, 3.8) is 0 Å². The van der Waals surface area contributed by atoms with E-state index in [1.807, 2.05) is 19.2 Å². The maximum Gasteiger partial charge on any atom is 0.452 e. The zero-order valence-corrected chi connectivity index (χ0v) is 26.6. The summed E-state index contributed by atoms with van der Waals surface area (Å²) in [6, 6.07) is 2.56. The highest BCUT2D eigenvalue weighted by atomic mass is 19.4. The van der Waals surface area contributed by atoms with Crippen molar-refractivity contribution in [1.82, 2.24) is 26.6 Å². The number of ketones is 1. The molecule has 5 amide bonds. The molecule has 0 unspecified atom stereocenters. The summed E-state index contributed by atoms with van der Waals surface area (Å²) >= 11 is 0. The fourth-order valence-corrected chi connectivity index (χ4v) is 4.03. The zero-order chi connectivity index (χ0) is 35.2. The number of hydrogen-bond acceptors (Lipinski definition) is 8. The summed E-state index contributed by atoms with van der Waals surface area (Å²) in [4.78, 5) is 87.0. The van der Waals surface area contributed by atoms with E-state index in [2.05, 4.69) is 21.3 Å². The third-order valence-corrected chi connectivity index (χ3v) is 6.37. The van der Waals surface area contributed by atoms with Gasteiger partial charge in [-0.05, 0) is 30.7 Å². The van der Waals surface area contributed by atoms with Gasteiger partial charge in [-0.3, -0.25) is 33.6 Å². The summed E-state index contributed by atoms with van der Waals surface area (Å²) in [6.45, 7) is 7.80. The fourth-order valence-electron chi connectivity index (χ4n) is 4.03. The van der Waals surface area contributed by atoms with Crippen LogP contribution in [0.5, 0.6) is 0 Å². The number of hydrogen-bond donors (Lipinski definition) is 5. The molecule has 0 heterocycles. The Hall–Kier alpha value is -4.50. The molecule has 0 aromatic heterocycles. The predicted octanol–water partition coefficient (Wildman–Crippen LogP) is 1.05. The van der Waals surface area contributed by atoms with Gasteiger partial charge in [0.1, 0.15) is 24.7 Å². The molecule has 1 aromatic carbocycles. The maximum absolute atomic E-state index is 13.1. The number of carbonyl (C=O) groups excluding carboxylic acids is 7. The Morgan fingerprint density at radius 3 is 1.91 bits per heavy atom. The van der Waals surface area contributed by atoms with Gasteiger partial charge in [0.2, 0.25) is 29.5 Å². The van der Waals surface area contributed by atoms with E-state index in [1.165, 1.54) is 20.8 Å². The summed E-state index contributed by atoms with van der Waals surface area (Å²) < 4.78 is 44.2. The number of halogens is 3. The number of alkyl halides is 3. The summed E-state index contributed by atoms with van der Waals surface area (Å²) in [5.74, 6) is -8.23. The van der Waals surface area contributed by atoms with Crippen molar-refractivity contribution in [2.75, 3.05) is 6.54 Å². The second-order valence-electron chi connectivity index (χ2n) is 11.4. The van der Waals surface area contributed by atoms with E-state index in [0.717, 1.165) is 6.92 Å². The van der Waals surface area contributed by atoms with Gasteiger partial charge >= 0.3 is 12.1 Å². The van der Waals surface area contributed by atoms with Gasteiger partial charge in [-0.1, -0.05) is 58.0 Å². The molecule has 0 aliphatic carbocycles. The molecular formula is C30H42F3N5O8. The molecule has 0 bridgehead atoms. The Kier molecular flexibility index (Phi) is 15.9. The molecule has 0 aliphatic heterocycles. The van der Waals surface area contributed by atoms with Gasteiger partial charge in [0.25, 0.3) is 5.78 Å². The van der Waals surface area contributed by atoms with Gasteiger partial charge in [0.15, 0.2) is 0 Å². The van der Waals surface area contributed by atoms with Crippen molar-refractivity contribution in [1.29, 1.82) is 0 Å². The van der Waals surface area contributed by atoms with Gasteiger partial charge in [-0.2, -0.15) is 13.2 Å². The Labute approximate surface area is 265 Å². The monoisotopic (exact) mass is 657 g/mol. The van der Waals surface area contributed by atoms with Crippen molar-refractivity contribution in [2.45, 2.75) is 91.3 Å². The Morgan fingerprint density at radius 2 is 1.39 bits per heavy atom. The average molecular weight is 658 g/mol. The molecule has 0 radical (unpaired) electrons. The lowest BCUT2D eigenvalue weighted by Crippen LogP contribution is -2.57. The summed E-state index contributed by atoms with van der Waals surface area (Å²) in [7, 11) is 0. The lowest BCUT2D eigenvalue weighted by molar-refractivity contribution is -0.175. The average Bonchev–Trinajstić information content (AvgIpc) is 2.95. The zero-order valence-electron chi connectivity index (χ0n) is 26.6. The van der Waals surface area contributed by atoms with E-state index < -0.39 is 90.5 Å². The van der Waals surface area contributed by atoms with Gasteiger partial charge in [-0.25, -0.2) is 0 Å². The number of esters is 1. The lowest BCUT2D eigenvalue weighted by atomic mass is 9.99. The number of amides is 5. The minimum Gasteiger partial charge on any atom is -0.461 e. The standard InChI is InChI=1S/C30H42F3N5O8/c1-16(2)12-21(36-19(6)39)28(44)34-14-23(40)37-22(13-24(41)46-15-20-10-8-7-9-11-20)29(45)35-18(5)27(43)38-25(17(3)4)26(42)30(31,32)33/h7-11,16-18,21-22,25H,12-15H2,1-6H3,(H,34,44)(H,35,45)(H,36,39)(H,37,40)(H,38,43)/t18-,21-,22-,25-/m0/s1. The summed E-state index contributed by atoms with van der Waals surface area (Å²) in [6.07, 6.45) is -5.65. The molecule has 0 fully saturated rings. The first-order chi connectivity index (χ1) is 21.3. The third-order valence-electron chi connectivity index (χ3n) is 6.37. The molecule has 13 nitrogen and oxygen atoms in total. The van der Waals surface area contributed by atoms with Gasteiger partial charge in [-0.15, -0.1) is 0 Å². The minimum absolute atomic E-state index is 0.0213. The van der Waals surface area contributed by atoms with E-state index in [-0.39, 0.29) is 18.9 Å². The molecule has 0 saturated heterocycles. The van der Waals surface area contributed by atoms with Crippen LogP contribution < -0.4 is 26.6 Å². The van der Waals surface area contributed by atoms with Crippen LogP contribution in [0.3, 0.4) is 0 Å². The SMILES string of the molecule is CC(=O)N[C@@H](CC(C)C)C(=O)NCC(=O)N[C@@H](CC(=O)OCc1ccccc1)C(=O)N[C@@H](C)C(=O)N[C@H](C(=O)C(F)(F)F)C(C)C.